The second-order valence-electron chi connectivity index (χ2n) is 4.53. The summed E-state index contributed by atoms with van der Waals surface area (Å²) >= 11 is 0. The summed E-state index contributed by atoms with van der Waals surface area (Å²) in [6, 6.07) is 9.66. The van der Waals surface area contributed by atoms with Gasteiger partial charge in [0.25, 0.3) is 0 Å². The quantitative estimate of drug-likeness (QED) is 0.899. The first-order valence-electron chi connectivity index (χ1n) is 5.84. The van der Waals surface area contributed by atoms with Crippen LogP contribution >= 0.6 is 0 Å². The van der Waals surface area contributed by atoms with Crippen LogP contribution in [0.2, 0.25) is 0 Å². The fraction of sp³-hybridized carbons (Fsp3) is 0.286. The molecule has 0 saturated heterocycles. The molecule has 0 aliphatic heterocycles. The molecule has 4 heteroatoms. The Hall–Kier alpha value is -2.10. The molecule has 0 unspecified atom stereocenters. The number of aliphatic carboxylic acids is 1. The first-order chi connectivity index (χ1) is 8.56. The number of aromatic nitrogens is 1. The fourth-order valence-electron chi connectivity index (χ4n) is 1.72. The predicted molar refractivity (Wildman–Crippen MR) is 67.4 cm³/mol. The number of hydrogen-bond acceptors (Lipinski definition) is 3. The van der Waals surface area contributed by atoms with E-state index in [0.717, 1.165) is 5.56 Å². The van der Waals surface area contributed by atoms with Crippen LogP contribution in [0, 0.1) is 0 Å². The van der Waals surface area contributed by atoms with E-state index < -0.39 is 5.97 Å². The van der Waals surface area contributed by atoms with Crippen LogP contribution in [0.25, 0.3) is 11.3 Å². The van der Waals surface area contributed by atoms with Crippen LogP contribution in [0.15, 0.2) is 34.9 Å². The maximum absolute atomic E-state index is 10.6. The Labute approximate surface area is 105 Å². The Morgan fingerprint density at radius 1 is 1.33 bits per heavy atom. The topological polar surface area (TPSA) is 63.3 Å². The lowest BCUT2D eigenvalue weighted by Crippen LogP contribution is -1.99. The van der Waals surface area contributed by atoms with Crippen molar-refractivity contribution in [2.75, 3.05) is 0 Å². The average Bonchev–Trinajstić information content (AvgIpc) is 2.76. The lowest BCUT2D eigenvalue weighted by molar-refractivity contribution is -0.136. The molecule has 94 valence electrons. The first-order valence-corrected chi connectivity index (χ1v) is 5.84. The summed E-state index contributed by atoms with van der Waals surface area (Å²) in [5.41, 5.74) is 2.60. The number of hydrogen-bond donors (Lipinski definition) is 1. The molecule has 0 amide bonds. The van der Waals surface area contributed by atoms with Gasteiger partial charge in [-0.2, -0.15) is 0 Å². The maximum Gasteiger partial charge on any atom is 0.309 e. The molecule has 1 aromatic carbocycles. The third kappa shape index (κ3) is 2.77. The monoisotopic (exact) mass is 245 g/mol. The second kappa shape index (κ2) is 5.04. The van der Waals surface area contributed by atoms with Crippen LogP contribution in [0.4, 0.5) is 0 Å². The van der Waals surface area contributed by atoms with Crippen LogP contribution in [0.5, 0.6) is 0 Å². The van der Waals surface area contributed by atoms with Gasteiger partial charge in [-0.3, -0.25) is 4.79 Å². The highest BCUT2D eigenvalue weighted by molar-refractivity contribution is 5.70. The Kier molecular flexibility index (Phi) is 3.46. The van der Waals surface area contributed by atoms with Crippen LogP contribution in [0.1, 0.15) is 31.0 Å². The fourth-order valence-corrected chi connectivity index (χ4v) is 1.72. The maximum atomic E-state index is 10.6. The number of carboxylic acid groups (broad SMARTS) is 1. The Bertz CT molecular complexity index is 540. The lowest BCUT2D eigenvalue weighted by Gasteiger charge is -2.04. The number of carbonyl (C=O) groups is 1. The summed E-state index contributed by atoms with van der Waals surface area (Å²) in [7, 11) is 0. The molecule has 2 aromatic rings. The molecule has 0 fully saturated rings. The highest BCUT2D eigenvalue weighted by Gasteiger charge is 2.09. The highest BCUT2D eigenvalue weighted by Crippen LogP contribution is 2.23. The largest absolute Gasteiger partial charge is 0.481 e. The van der Waals surface area contributed by atoms with Gasteiger partial charge in [0.15, 0.2) is 5.76 Å². The second-order valence-corrected chi connectivity index (χ2v) is 4.53. The van der Waals surface area contributed by atoms with Crippen molar-refractivity contribution in [3.05, 3.63) is 41.6 Å². The summed E-state index contributed by atoms with van der Waals surface area (Å²) in [5, 5.41) is 12.4. The van der Waals surface area contributed by atoms with Crippen molar-refractivity contribution in [2.24, 2.45) is 0 Å². The number of benzene rings is 1. The predicted octanol–water partition coefficient (Wildman–Crippen LogP) is 3.09. The van der Waals surface area contributed by atoms with Crippen molar-refractivity contribution in [1.82, 2.24) is 5.16 Å². The summed E-state index contributed by atoms with van der Waals surface area (Å²) < 4.78 is 5.14. The van der Waals surface area contributed by atoms with Crippen LogP contribution in [0.3, 0.4) is 0 Å². The SMILES string of the molecule is CC(C)c1ccc(-c2cc(CC(=O)O)no2)cc1. The van der Waals surface area contributed by atoms with E-state index in [4.69, 9.17) is 9.63 Å². The van der Waals surface area contributed by atoms with E-state index in [1.54, 1.807) is 6.07 Å². The average molecular weight is 245 g/mol. The van der Waals surface area contributed by atoms with Crippen LogP contribution in [-0.4, -0.2) is 16.2 Å². The molecular formula is C14H15NO3. The Balaban J connectivity index is 2.20. The Morgan fingerprint density at radius 3 is 2.56 bits per heavy atom. The van der Waals surface area contributed by atoms with Gasteiger partial charge in [-0.05, 0) is 11.5 Å². The zero-order valence-electron chi connectivity index (χ0n) is 10.4. The van der Waals surface area contributed by atoms with Crippen molar-refractivity contribution in [1.29, 1.82) is 0 Å². The summed E-state index contributed by atoms with van der Waals surface area (Å²) in [6.45, 7) is 4.27. The van der Waals surface area contributed by atoms with Crippen molar-refractivity contribution in [3.8, 4) is 11.3 Å². The van der Waals surface area contributed by atoms with Crippen molar-refractivity contribution in [2.45, 2.75) is 26.2 Å². The van der Waals surface area contributed by atoms with Crippen molar-refractivity contribution >= 4 is 5.97 Å². The van der Waals surface area contributed by atoms with E-state index >= 15 is 0 Å². The molecule has 0 saturated carbocycles. The van der Waals surface area contributed by atoms with Crippen molar-refractivity contribution in [3.63, 3.8) is 0 Å². The third-order valence-corrected chi connectivity index (χ3v) is 2.75. The van der Waals surface area contributed by atoms with E-state index in [-0.39, 0.29) is 6.42 Å². The lowest BCUT2D eigenvalue weighted by atomic mass is 10.0. The molecule has 4 nitrogen and oxygen atoms in total. The van der Waals surface area contributed by atoms with Gasteiger partial charge in [-0.25, -0.2) is 0 Å². The van der Waals surface area contributed by atoms with Crippen LogP contribution in [-0.2, 0) is 11.2 Å². The molecule has 2 rings (SSSR count). The van der Waals surface area contributed by atoms with Gasteiger partial charge in [-0.15, -0.1) is 0 Å². The standard InChI is InChI=1S/C14H15NO3/c1-9(2)10-3-5-11(6-4-10)13-7-12(15-18-13)8-14(16)17/h3-7,9H,8H2,1-2H3,(H,16,17). The van der Waals surface area contributed by atoms with E-state index in [1.165, 1.54) is 5.56 Å². The van der Waals surface area contributed by atoms with Gasteiger partial charge in [0.2, 0.25) is 0 Å². The zero-order chi connectivity index (χ0) is 13.1. The minimum Gasteiger partial charge on any atom is -0.481 e. The molecule has 0 radical (unpaired) electrons. The summed E-state index contributed by atoms with van der Waals surface area (Å²) in [4.78, 5) is 10.6. The molecule has 1 N–H and O–H groups in total. The molecule has 0 bridgehead atoms. The van der Waals surface area contributed by atoms with Crippen LogP contribution < -0.4 is 0 Å². The Morgan fingerprint density at radius 2 is 2.00 bits per heavy atom. The molecule has 1 aromatic heterocycles. The minimum atomic E-state index is -0.912. The molecular weight excluding hydrogens is 230 g/mol. The summed E-state index contributed by atoms with van der Waals surface area (Å²) in [5.74, 6) is 0.169. The number of rotatable bonds is 4. The summed E-state index contributed by atoms with van der Waals surface area (Å²) in [6.07, 6.45) is -0.117. The zero-order valence-corrected chi connectivity index (χ0v) is 10.4. The van der Waals surface area contributed by atoms with Gasteiger partial charge in [0, 0.05) is 11.6 Å². The third-order valence-electron chi connectivity index (χ3n) is 2.75. The number of nitrogens with zero attached hydrogens (tertiary/aromatic N) is 1. The molecule has 0 atom stereocenters. The minimum absolute atomic E-state index is 0.117. The van der Waals surface area contributed by atoms with E-state index in [9.17, 15) is 4.79 Å². The molecule has 0 spiro atoms. The first kappa shape index (κ1) is 12.4. The number of carboxylic acids is 1. The van der Waals surface area contributed by atoms with E-state index in [0.29, 0.717) is 17.4 Å². The normalized spacial score (nSPS) is 10.8. The molecule has 1 heterocycles. The molecule has 0 aliphatic rings. The van der Waals surface area contributed by atoms with Gasteiger partial charge in [0.1, 0.15) is 0 Å². The van der Waals surface area contributed by atoms with E-state index in [2.05, 4.69) is 19.0 Å². The smallest absolute Gasteiger partial charge is 0.309 e. The van der Waals surface area contributed by atoms with Gasteiger partial charge < -0.3 is 9.63 Å². The van der Waals surface area contributed by atoms with Gasteiger partial charge >= 0.3 is 5.97 Å². The van der Waals surface area contributed by atoms with E-state index in [1.807, 2.05) is 24.3 Å². The molecule has 18 heavy (non-hydrogen) atoms. The highest BCUT2D eigenvalue weighted by atomic mass is 16.5. The van der Waals surface area contributed by atoms with Gasteiger partial charge in [0.05, 0.1) is 12.1 Å². The van der Waals surface area contributed by atoms with Crippen molar-refractivity contribution < 1.29 is 14.4 Å². The van der Waals surface area contributed by atoms with Gasteiger partial charge in [-0.1, -0.05) is 43.3 Å². The molecule has 0 aliphatic carbocycles.